The molecule has 0 bridgehead atoms. The lowest BCUT2D eigenvalue weighted by atomic mass is 10.2. The summed E-state index contributed by atoms with van der Waals surface area (Å²) in [6, 6.07) is 8.48. The third-order valence-electron chi connectivity index (χ3n) is 4.55. The molecule has 5 nitrogen and oxygen atoms in total. The fourth-order valence-electron chi connectivity index (χ4n) is 3.07. The highest BCUT2D eigenvalue weighted by molar-refractivity contribution is 7.89. The van der Waals surface area contributed by atoms with Crippen LogP contribution in [-0.4, -0.2) is 26.3 Å². The Kier molecular flexibility index (Phi) is 5.49. The minimum Gasteiger partial charge on any atom is -0.322 e. The number of alkyl halides is 2. The summed E-state index contributed by atoms with van der Waals surface area (Å²) in [6.07, 6.45) is -0.855. The van der Waals surface area contributed by atoms with E-state index in [1.54, 1.807) is 6.92 Å². The average Bonchev–Trinajstić information content (AvgIpc) is 2.96. The van der Waals surface area contributed by atoms with Gasteiger partial charge in [-0.1, -0.05) is 6.07 Å². The molecular formula is C19H19F3N2O3S. The van der Waals surface area contributed by atoms with Gasteiger partial charge in [0.05, 0.1) is 4.90 Å². The number of rotatable bonds is 5. The molecule has 1 aliphatic carbocycles. The van der Waals surface area contributed by atoms with Gasteiger partial charge in [0, 0.05) is 30.1 Å². The Bertz CT molecular complexity index is 1010. The smallest absolute Gasteiger partial charge is 0.255 e. The van der Waals surface area contributed by atoms with E-state index in [9.17, 15) is 26.4 Å². The van der Waals surface area contributed by atoms with Crippen molar-refractivity contribution in [1.82, 2.24) is 4.72 Å². The Labute approximate surface area is 161 Å². The van der Waals surface area contributed by atoms with E-state index in [2.05, 4.69) is 10.0 Å². The molecule has 1 unspecified atom stereocenters. The first-order valence-electron chi connectivity index (χ1n) is 8.63. The minimum atomic E-state index is -4.05. The van der Waals surface area contributed by atoms with Crippen molar-refractivity contribution in [2.24, 2.45) is 0 Å². The zero-order valence-corrected chi connectivity index (χ0v) is 15.8. The maximum Gasteiger partial charge on any atom is 0.255 e. The van der Waals surface area contributed by atoms with Crippen molar-refractivity contribution in [3.63, 3.8) is 0 Å². The largest absolute Gasteiger partial charge is 0.322 e. The van der Waals surface area contributed by atoms with Gasteiger partial charge in [-0.15, -0.1) is 0 Å². The van der Waals surface area contributed by atoms with Crippen LogP contribution in [0, 0.1) is 12.7 Å². The lowest BCUT2D eigenvalue weighted by Gasteiger charge is -2.14. The van der Waals surface area contributed by atoms with Crippen LogP contribution in [0.25, 0.3) is 0 Å². The fraction of sp³-hybridized carbons (Fsp3) is 0.316. The predicted molar refractivity (Wildman–Crippen MR) is 98.4 cm³/mol. The van der Waals surface area contributed by atoms with Crippen LogP contribution in [0.1, 0.15) is 35.2 Å². The molecule has 9 heteroatoms. The number of aryl methyl sites for hydroxylation is 1. The van der Waals surface area contributed by atoms with Gasteiger partial charge in [0.2, 0.25) is 15.9 Å². The molecule has 2 aromatic rings. The minimum absolute atomic E-state index is 0.0519. The number of nitrogens with one attached hydrogen (secondary N) is 2. The van der Waals surface area contributed by atoms with Gasteiger partial charge < -0.3 is 5.32 Å². The van der Waals surface area contributed by atoms with Crippen molar-refractivity contribution in [1.29, 1.82) is 0 Å². The van der Waals surface area contributed by atoms with Crippen LogP contribution in [0.2, 0.25) is 0 Å². The SMILES string of the molecule is Cc1cc(NC(=O)c2cccc(S(=O)(=O)NC3CCC(F)(F)C3)c2)ccc1F. The normalized spacial score (nSPS) is 18.8. The van der Waals surface area contributed by atoms with Gasteiger partial charge in [0.25, 0.3) is 5.91 Å². The van der Waals surface area contributed by atoms with Crippen molar-refractivity contribution in [2.75, 3.05) is 5.32 Å². The van der Waals surface area contributed by atoms with Crippen LogP contribution in [-0.2, 0) is 10.0 Å². The highest BCUT2D eigenvalue weighted by Gasteiger charge is 2.41. The van der Waals surface area contributed by atoms with Gasteiger partial charge in [0.15, 0.2) is 0 Å². The summed E-state index contributed by atoms with van der Waals surface area (Å²) in [4.78, 5) is 12.2. The van der Waals surface area contributed by atoms with Gasteiger partial charge in [-0.05, 0) is 55.3 Å². The molecule has 1 fully saturated rings. The maximum absolute atomic E-state index is 13.3. The van der Waals surface area contributed by atoms with Crippen molar-refractivity contribution in [3.05, 3.63) is 59.4 Å². The summed E-state index contributed by atoms with van der Waals surface area (Å²) in [6.45, 7) is 1.55. The van der Waals surface area contributed by atoms with Gasteiger partial charge in [0.1, 0.15) is 5.82 Å². The lowest BCUT2D eigenvalue weighted by Crippen LogP contribution is -2.34. The number of amides is 1. The molecule has 1 atom stereocenters. The Morgan fingerprint density at radius 1 is 1.18 bits per heavy atom. The summed E-state index contributed by atoms with van der Waals surface area (Å²) in [5.41, 5.74) is 0.789. The van der Waals surface area contributed by atoms with E-state index in [4.69, 9.17) is 0 Å². The van der Waals surface area contributed by atoms with Crippen LogP contribution in [0.5, 0.6) is 0 Å². The van der Waals surface area contributed by atoms with Crippen LogP contribution in [0.15, 0.2) is 47.4 Å². The highest BCUT2D eigenvalue weighted by Crippen LogP contribution is 2.35. The summed E-state index contributed by atoms with van der Waals surface area (Å²) in [5.74, 6) is -3.85. The lowest BCUT2D eigenvalue weighted by molar-refractivity contribution is 0.00760. The van der Waals surface area contributed by atoms with Crippen molar-refractivity contribution >= 4 is 21.6 Å². The number of carbonyl (C=O) groups is 1. The van der Waals surface area contributed by atoms with E-state index in [1.807, 2.05) is 0 Å². The zero-order chi connectivity index (χ0) is 20.5. The molecule has 1 amide bonds. The molecule has 0 saturated heterocycles. The van der Waals surface area contributed by atoms with E-state index >= 15 is 0 Å². The molecule has 0 heterocycles. The van der Waals surface area contributed by atoms with Gasteiger partial charge in [-0.25, -0.2) is 26.3 Å². The summed E-state index contributed by atoms with van der Waals surface area (Å²) in [7, 11) is -4.05. The predicted octanol–water partition coefficient (Wildman–Crippen LogP) is 3.85. The maximum atomic E-state index is 13.3. The van der Waals surface area contributed by atoms with Crippen molar-refractivity contribution in [3.8, 4) is 0 Å². The Morgan fingerprint density at radius 2 is 1.93 bits per heavy atom. The number of anilines is 1. The third kappa shape index (κ3) is 4.71. The number of halogens is 3. The van der Waals surface area contributed by atoms with Gasteiger partial charge >= 0.3 is 0 Å². The monoisotopic (exact) mass is 412 g/mol. The van der Waals surface area contributed by atoms with Crippen molar-refractivity contribution < 1.29 is 26.4 Å². The third-order valence-corrected chi connectivity index (χ3v) is 6.07. The number of carbonyl (C=O) groups excluding carboxylic acids is 1. The topological polar surface area (TPSA) is 75.3 Å². The second kappa shape index (κ2) is 7.56. The number of hydrogen-bond donors (Lipinski definition) is 2. The molecule has 0 spiro atoms. The second-order valence-corrected chi connectivity index (χ2v) is 8.58. The molecule has 3 rings (SSSR count). The molecule has 2 N–H and O–H groups in total. The number of sulfonamides is 1. The fourth-order valence-corrected chi connectivity index (χ4v) is 4.38. The first kappa shape index (κ1) is 20.3. The Hall–Kier alpha value is -2.39. The van der Waals surface area contributed by atoms with E-state index < -0.39 is 40.1 Å². The van der Waals surface area contributed by atoms with E-state index in [1.165, 1.54) is 42.5 Å². The van der Waals surface area contributed by atoms with Crippen LogP contribution in [0.4, 0.5) is 18.9 Å². The van der Waals surface area contributed by atoms with Crippen LogP contribution < -0.4 is 10.0 Å². The molecule has 1 saturated carbocycles. The van der Waals surface area contributed by atoms with Gasteiger partial charge in [-0.3, -0.25) is 4.79 Å². The molecule has 28 heavy (non-hydrogen) atoms. The molecule has 150 valence electrons. The molecule has 0 aliphatic heterocycles. The first-order valence-corrected chi connectivity index (χ1v) is 10.1. The molecule has 0 radical (unpaired) electrons. The molecule has 1 aliphatic rings. The second-order valence-electron chi connectivity index (χ2n) is 6.86. The first-order chi connectivity index (χ1) is 13.1. The Balaban J connectivity index is 1.75. The molecular weight excluding hydrogens is 393 g/mol. The summed E-state index contributed by atoms with van der Waals surface area (Å²) in [5, 5.41) is 2.57. The van der Waals surface area contributed by atoms with E-state index in [0.717, 1.165) is 0 Å². The number of hydrogen-bond acceptors (Lipinski definition) is 3. The molecule has 0 aromatic heterocycles. The van der Waals surface area contributed by atoms with E-state index in [0.29, 0.717) is 11.3 Å². The van der Waals surface area contributed by atoms with E-state index in [-0.39, 0.29) is 23.3 Å². The van der Waals surface area contributed by atoms with Gasteiger partial charge in [-0.2, -0.15) is 0 Å². The summed E-state index contributed by atoms with van der Waals surface area (Å²) < 4.78 is 67.2. The standard InChI is InChI=1S/C19H19F3N2O3S/c1-12-9-14(5-6-17(12)20)23-18(25)13-3-2-4-16(10-13)28(26,27)24-15-7-8-19(21,22)11-15/h2-6,9-10,15,24H,7-8,11H2,1H3,(H,23,25). The molecule has 2 aromatic carbocycles. The number of benzene rings is 2. The Morgan fingerprint density at radius 3 is 2.57 bits per heavy atom. The van der Waals surface area contributed by atoms with Crippen LogP contribution >= 0.6 is 0 Å². The highest BCUT2D eigenvalue weighted by atomic mass is 32.2. The quantitative estimate of drug-likeness (QED) is 0.783. The summed E-state index contributed by atoms with van der Waals surface area (Å²) >= 11 is 0. The van der Waals surface area contributed by atoms with Crippen LogP contribution in [0.3, 0.4) is 0 Å². The average molecular weight is 412 g/mol. The zero-order valence-electron chi connectivity index (χ0n) is 15.0. The van der Waals surface area contributed by atoms with Crippen molar-refractivity contribution in [2.45, 2.75) is 43.0 Å².